The quantitative estimate of drug-likeness (QED) is 0.200. The number of fused-ring (bicyclic) bond motifs is 1. The van der Waals surface area contributed by atoms with Crippen LogP contribution in [0.3, 0.4) is 0 Å². The van der Waals surface area contributed by atoms with Crippen LogP contribution < -0.4 is 10.2 Å². The lowest BCUT2D eigenvalue weighted by atomic mass is 9.96. The Labute approximate surface area is 287 Å². The van der Waals surface area contributed by atoms with Gasteiger partial charge in [-0.25, -0.2) is 9.78 Å². The Bertz CT molecular complexity index is 2010. The number of nitriles is 1. The zero-order valence-electron chi connectivity index (χ0n) is 28.4. The zero-order chi connectivity index (χ0) is 36.0. The first kappa shape index (κ1) is 34.6. The molecule has 4 aromatic rings. The van der Waals surface area contributed by atoms with Crippen molar-refractivity contribution < 1.29 is 27.5 Å². The molecule has 1 fully saturated rings. The second kappa shape index (κ2) is 13.2. The fraction of sp³-hybridized carbons (Fsp3) is 0.389. The largest absolute Gasteiger partial charge is 0.444 e. The predicted octanol–water partition coefficient (Wildman–Crippen LogP) is 6.43. The standard InChI is InChI=1S/C36H37F3N8O3/c1-35(2,3)50-34(49)45(4)11-10-41-18-22-13-27-28(29(14-22)36(37,38)39)19-47(33(27)48)31-16-24(15-30(43-31)23-7-8-23)25-9-6-21(17-40)12-26(25)32-44-42-20-46(32)5/h6,9,12-16,20,23,41H,7-8,10-11,18-19H2,1-5H3. The molecule has 0 atom stereocenters. The average molecular weight is 687 g/mol. The molecule has 0 radical (unpaired) electrons. The molecule has 2 aromatic carbocycles. The first-order valence-corrected chi connectivity index (χ1v) is 16.2. The molecular weight excluding hydrogens is 649 g/mol. The number of hydrogen-bond acceptors (Lipinski definition) is 8. The smallest absolute Gasteiger partial charge is 0.416 e. The highest BCUT2D eigenvalue weighted by molar-refractivity contribution is 6.10. The summed E-state index contributed by atoms with van der Waals surface area (Å²) in [4.78, 5) is 33.7. The number of likely N-dealkylation sites (N-methyl/N-ethyl adjacent to an activating group) is 1. The van der Waals surface area contributed by atoms with Crippen molar-refractivity contribution in [3.05, 3.63) is 82.3 Å². The van der Waals surface area contributed by atoms with E-state index in [4.69, 9.17) is 9.72 Å². The summed E-state index contributed by atoms with van der Waals surface area (Å²) in [6, 6.07) is 13.6. The Kier molecular flexibility index (Phi) is 9.13. The molecule has 2 amide bonds. The Morgan fingerprint density at radius 1 is 1.10 bits per heavy atom. The Morgan fingerprint density at radius 3 is 2.50 bits per heavy atom. The lowest BCUT2D eigenvalue weighted by molar-refractivity contribution is -0.138. The number of carbonyl (C=O) groups is 2. The van der Waals surface area contributed by atoms with Crippen LogP contribution in [0.15, 0.2) is 48.8 Å². The Balaban J connectivity index is 1.30. The van der Waals surface area contributed by atoms with Gasteiger partial charge in [0.1, 0.15) is 17.7 Å². The molecule has 3 heterocycles. The lowest BCUT2D eigenvalue weighted by Gasteiger charge is -2.24. The number of benzene rings is 2. The van der Waals surface area contributed by atoms with Gasteiger partial charge in [-0.1, -0.05) is 6.07 Å². The van der Waals surface area contributed by atoms with Crippen LogP contribution >= 0.6 is 0 Å². The van der Waals surface area contributed by atoms with Crippen LogP contribution in [0.5, 0.6) is 0 Å². The molecule has 11 nitrogen and oxygen atoms in total. The molecule has 0 spiro atoms. The van der Waals surface area contributed by atoms with Crippen molar-refractivity contribution in [1.82, 2.24) is 30.0 Å². The van der Waals surface area contributed by atoms with Crippen molar-refractivity contribution in [2.24, 2.45) is 7.05 Å². The van der Waals surface area contributed by atoms with Crippen LogP contribution in [0.25, 0.3) is 22.5 Å². The lowest BCUT2D eigenvalue weighted by Crippen LogP contribution is -2.37. The number of aryl methyl sites for hydroxylation is 1. The highest BCUT2D eigenvalue weighted by Gasteiger charge is 2.41. The second-order valence-electron chi connectivity index (χ2n) is 13.7. The highest BCUT2D eigenvalue weighted by Crippen LogP contribution is 2.44. The number of aromatic nitrogens is 4. The second-order valence-corrected chi connectivity index (χ2v) is 13.7. The maximum atomic E-state index is 14.5. The number of nitrogens with zero attached hydrogens (tertiary/aromatic N) is 7. The number of anilines is 1. The molecule has 0 bridgehead atoms. The molecule has 260 valence electrons. The Hall–Kier alpha value is -5.29. The number of rotatable bonds is 9. The summed E-state index contributed by atoms with van der Waals surface area (Å²) < 4.78 is 50.5. The van der Waals surface area contributed by atoms with Gasteiger partial charge in [-0.3, -0.25) is 9.69 Å². The van der Waals surface area contributed by atoms with Crippen molar-refractivity contribution >= 4 is 17.8 Å². The van der Waals surface area contributed by atoms with E-state index >= 15 is 0 Å². The van der Waals surface area contributed by atoms with Gasteiger partial charge < -0.3 is 19.5 Å². The maximum Gasteiger partial charge on any atom is 0.416 e. The molecule has 1 N–H and O–H groups in total. The number of alkyl halides is 3. The number of pyridine rings is 1. The van der Waals surface area contributed by atoms with Crippen molar-refractivity contribution in [2.75, 3.05) is 25.0 Å². The van der Waals surface area contributed by atoms with Gasteiger partial charge in [-0.15, -0.1) is 10.2 Å². The summed E-state index contributed by atoms with van der Waals surface area (Å²) in [5, 5.41) is 20.9. The van der Waals surface area contributed by atoms with Gasteiger partial charge in [0, 0.05) is 56.5 Å². The number of halogens is 3. The monoisotopic (exact) mass is 686 g/mol. The fourth-order valence-corrected chi connectivity index (χ4v) is 5.92. The average Bonchev–Trinajstić information content (AvgIpc) is 3.75. The number of nitrogens with one attached hydrogen (secondary N) is 1. The third kappa shape index (κ3) is 7.33. The molecule has 1 aliphatic heterocycles. The van der Waals surface area contributed by atoms with E-state index in [0.717, 1.165) is 30.2 Å². The number of ether oxygens (including phenoxy) is 1. The zero-order valence-corrected chi connectivity index (χ0v) is 28.4. The summed E-state index contributed by atoms with van der Waals surface area (Å²) in [6.45, 7) is 5.60. The maximum absolute atomic E-state index is 14.5. The minimum atomic E-state index is -4.70. The predicted molar refractivity (Wildman–Crippen MR) is 179 cm³/mol. The van der Waals surface area contributed by atoms with Crippen molar-refractivity contribution in [3.8, 4) is 28.6 Å². The third-order valence-corrected chi connectivity index (χ3v) is 8.58. The molecular formula is C36H37F3N8O3. The summed E-state index contributed by atoms with van der Waals surface area (Å²) in [5.74, 6) is 0.373. The van der Waals surface area contributed by atoms with E-state index in [9.17, 15) is 28.0 Å². The van der Waals surface area contributed by atoms with Gasteiger partial charge in [0.25, 0.3) is 5.91 Å². The van der Waals surface area contributed by atoms with E-state index in [2.05, 4.69) is 21.6 Å². The van der Waals surface area contributed by atoms with E-state index in [1.165, 1.54) is 15.9 Å². The number of amides is 2. The molecule has 0 saturated heterocycles. The van der Waals surface area contributed by atoms with Gasteiger partial charge >= 0.3 is 12.3 Å². The Morgan fingerprint density at radius 2 is 1.86 bits per heavy atom. The van der Waals surface area contributed by atoms with Crippen molar-refractivity contribution in [3.63, 3.8) is 0 Å². The topological polar surface area (TPSA) is 129 Å². The van der Waals surface area contributed by atoms with Gasteiger partial charge in [0.2, 0.25) is 0 Å². The van der Waals surface area contributed by atoms with Crippen LogP contribution in [0.1, 0.15) is 77.8 Å². The van der Waals surface area contributed by atoms with Gasteiger partial charge in [0.15, 0.2) is 5.82 Å². The summed E-state index contributed by atoms with van der Waals surface area (Å²) >= 11 is 0. The van der Waals surface area contributed by atoms with E-state index < -0.39 is 29.3 Å². The van der Waals surface area contributed by atoms with Crippen LogP contribution in [-0.2, 0) is 31.1 Å². The van der Waals surface area contributed by atoms with Crippen molar-refractivity contribution in [2.45, 2.75) is 64.4 Å². The molecule has 1 aliphatic carbocycles. The fourth-order valence-electron chi connectivity index (χ4n) is 5.92. The minimum Gasteiger partial charge on any atom is -0.444 e. The van der Waals surface area contributed by atoms with E-state index in [0.29, 0.717) is 29.1 Å². The van der Waals surface area contributed by atoms with E-state index in [-0.39, 0.29) is 48.1 Å². The summed E-state index contributed by atoms with van der Waals surface area (Å²) in [7, 11) is 3.37. The molecule has 6 rings (SSSR count). The minimum absolute atomic E-state index is 0.0270. The molecule has 0 unspecified atom stereocenters. The van der Waals surface area contributed by atoms with Gasteiger partial charge in [-0.2, -0.15) is 18.4 Å². The molecule has 2 aliphatic rings. The van der Waals surface area contributed by atoms with E-state index in [1.807, 2.05) is 6.07 Å². The summed E-state index contributed by atoms with van der Waals surface area (Å²) in [5.41, 5.74) is 1.86. The van der Waals surface area contributed by atoms with Crippen LogP contribution in [0.4, 0.5) is 23.8 Å². The highest BCUT2D eigenvalue weighted by atomic mass is 19.4. The van der Waals surface area contributed by atoms with Crippen LogP contribution in [0.2, 0.25) is 0 Å². The molecule has 1 saturated carbocycles. The normalized spacial score (nSPS) is 14.5. The number of hydrogen-bond donors (Lipinski definition) is 1. The molecule has 2 aromatic heterocycles. The van der Waals surface area contributed by atoms with Crippen LogP contribution in [-0.4, -0.2) is 62.4 Å². The summed E-state index contributed by atoms with van der Waals surface area (Å²) in [6.07, 6.45) is -1.83. The third-order valence-electron chi connectivity index (χ3n) is 8.58. The SMILES string of the molecule is CN(CCNCc1cc2c(c(C(F)(F)F)c1)CN(c1cc(-c3ccc(C#N)cc3-c3nncn3C)cc(C3CC3)n1)C2=O)C(=O)OC(C)(C)C. The van der Waals surface area contributed by atoms with Crippen LogP contribution in [0, 0.1) is 11.3 Å². The van der Waals surface area contributed by atoms with Gasteiger partial charge in [0.05, 0.1) is 23.7 Å². The first-order valence-electron chi connectivity index (χ1n) is 16.2. The van der Waals surface area contributed by atoms with Gasteiger partial charge in [-0.05, 0) is 92.3 Å². The molecule has 50 heavy (non-hydrogen) atoms. The van der Waals surface area contributed by atoms with E-state index in [1.54, 1.807) is 70.0 Å². The van der Waals surface area contributed by atoms with Crippen molar-refractivity contribution in [1.29, 1.82) is 5.26 Å². The first-order chi connectivity index (χ1) is 23.6. The molecule has 14 heteroatoms. The number of carbonyl (C=O) groups excluding carboxylic acids is 2.